The molecule has 0 aromatic heterocycles. The van der Waals surface area contributed by atoms with Crippen LogP contribution in [0.1, 0.15) is 25.3 Å². The molecule has 3 atom stereocenters. The van der Waals surface area contributed by atoms with Crippen LogP contribution in [0.5, 0.6) is 5.75 Å². The first kappa shape index (κ1) is 14.4. The summed E-state index contributed by atoms with van der Waals surface area (Å²) in [4.78, 5) is 1.51. The Labute approximate surface area is 116 Å². The zero-order valence-electron chi connectivity index (χ0n) is 12.1. The Morgan fingerprint density at radius 1 is 1.47 bits per heavy atom. The van der Waals surface area contributed by atoms with Crippen molar-refractivity contribution in [2.75, 3.05) is 26.2 Å². The van der Waals surface area contributed by atoms with Gasteiger partial charge in [-0.2, -0.15) is 0 Å². The molecule has 0 saturated carbocycles. The van der Waals surface area contributed by atoms with Crippen LogP contribution in [0.3, 0.4) is 0 Å². The first-order chi connectivity index (χ1) is 9.13. The van der Waals surface area contributed by atoms with E-state index in [4.69, 9.17) is 4.74 Å². The Morgan fingerprint density at radius 3 is 3.05 bits per heavy atom. The Kier molecular flexibility index (Phi) is 5.23. The van der Waals surface area contributed by atoms with E-state index < -0.39 is 0 Å². The summed E-state index contributed by atoms with van der Waals surface area (Å²) < 4.78 is 5.65. The number of rotatable bonds is 5. The molecule has 0 amide bonds. The number of nitrogens with one attached hydrogen (secondary N) is 1. The Morgan fingerprint density at radius 2 is 2.32 bits per heavy atom. The number of hydrogen-bond donors (Lipinski definition) is 2. The fraction of sp³-hybridized carbons (Fsp3) is 0.625. The predicted molar refractivity (Wildman–Crippen MR) is 76.6 cm³/mol. The maximum absolute atomic E-state index is 10.1. The lowest BCUT2D eigenvalue weighted by atomic mass is 10.0. The molecule has 1 fully saturated rings. The van der Waals surface area contributed by atoms with E-state index in [0.717, 1.165) is 18.2 Å². The van der Waals surface area contributed by atoms with Gasteiger partial charge in [0.05, 0.1) is 13.1 Å². The molecule has 0 radical (unpaired) electrons. The highest BCUT2D eigenvalue weighted by molar-refractivity contribution is 5.27. The van der Waals surface area contributed by atoms with Crippen molar-refractivity contribution in [3.63, 3.8) is 0 Å². The van der Waals surface area contributed by atoms with Crippen LogP contribution in [-0.2, 0) is 0 Å². The van der Waals surface area contributed by atoms with Gasteiger partial charge in [0, 0.05) is 5.92 Å². The highest BCUT2D eigenvalue weighted by Crippen LogP contribution is 2.12. The van der Waals surface area contributed by atoms with Crippen molar-refractivity contribution < 1.29 is 14.7 Å². The third-order valence-electron chi connectivity index (χ3n) is 3.82. The molecular weight excluding hydrogens is 238 g/mol. The monoisotopic (exact) mass is 264 g/mol. The number of aryl methyl sites for hydroxylation is 1. The van der Waals surface area contributed by atoms with Crippen LogP contribution < -0.4 is 9.64 Å². The molecule has 1 heterocycles. The van der Waals surface area contributed by atoms with E-state index in [1.807, 2.05) is 31.2 Å². The zero-order valence-corrected chi connectivity index (χ0v) is 12.1. The smallest absolute Gasteiger partial charge is 0.137 e. The predicted octanol–water partition coefficient (Wildman–Crippen LogP) is 1.05. The maximum atomic E-state index is 10.1. The fourth-order valence-electron chi connectivity index (χ4n) is 2.87. The molecule has 2 N–H and O–H groups in total. The number of likely N-dealkylation sites (tertiary alicyclic amines) is 1. The van der Waals surface area contributed by atoms with E-state index in [1.54, 1.807) is 0 Å². The second-order valence-electron chi connectivity index (χ2n) is 5.94. The first-order valence-corrected chi connectivity index (χ1v) is 7.34. The minimum atomic E-state index is -0.374. The van der Waals surface area contributed by atoms with Crippen LogP contribution in [0.4, 0.5) is 0 Å². The third-order valence-corrected chi connectivity index (χ3v) is 3.82. The maximum Gasteiger partial charge on any atom is 0.137 e. The highest BCUT2D eigenvalue weighted by Gasteiger charge is 2.22. The van der Waals surface area contributed by atoms with E-state index in [9.17, 15) is 5.11 Å². The van der Waals surface area contributed by atoms with Crippen molar-refractivity contribution in [1.82, 2.24) is 0 Å². The normalized spacial score (nSPS) is 25.0. The summed E-state index contributed by atoms with van der Waals surface area (Å²) in [6.07, 6.45) is 2.24. The van der Waals surface area contributed by atoms with Gasteiger partial charge in [-0.3, -0.25) is 0 Å². The van der Waals surface area contributed by atoms with Crippen molar-refractivity contribution in [3.05, 3.63) is 29.8 Å². The Hall–Kier alpha value is -1.06. The summed E-state index contributed by atoms with van der Waals surface area (Å²) >= 11 is 0. The van der Waals surface area contributed by atoms with Gasteiger partial charge in [-0.1, -0.05) is 19.1 Å². The van der Waals surface area contributed by atoms with E-state index in [1.165, 1.54) is 36.4 Å². The average Bonchev–Trinajstić information content (AvgIpc) is 2.36. The van der Waals surface area contributed by atoms with Crippen molar-refractivity contribution in [2.24, 2.45) is 5.92 Å². The van der Waals surface area contributed by atoms with Gasteiger partial charge >= 0.3 is 0 Å². The number of aliphatic hydroxyl groups excluding tert-OH is 1. The van der Waals surface area contributed by atoms with E-state index in [0.29, 0.717) is 6.61 Å². The zero-order chi connectivity index (χ0) is 13.7. The molecule has 106 valence electrons. The number of ether oxygens (including phenoxy) is 1. The first-order valence-electron chi connectivity index (χ1n) is 7.34. The largest absolute Gasteiger partial charge is 0.491 e. The number of hydrogen-bond acceptors (Lipinski definition) is 2. The fourth-order valence-corrected chi connectivity index (χ4v) is 2.87. The minimum absolute atomic E-state index is 0.374. The van der Waals surface area contributed by atoms with Gasteiger partial charge in [0.15, 0.2) is 0 Å². The molecule has 1 aliphatic heterocycles. The molecule has 19 heavy (non-hydrogen) atoms. The van der Waals surface area contributed by atoms with Gasteiger partial charge in [0.1, 0.15) is 25.0 Å². The Bertz CT molecular complexity index is 394. The molecule has 3 heteroatoms. The minimum Gasteiger partial charge on any atom is -0.491 e. The van der Waals surface area contributed by atoms with E-state index in [-0.39, 0.29) is 6.10 Å². The van der Waals surface area contributed by atoms with Crippen molar-refractivity contribution in [3.8, 4) is 5.75 Å². The molecule has 1 aromatic rings. The summed E-state index contributed by atoms with van der Waals surface area (Å²) in [5, 5.41) is 10.1. The van der Waals surface area contributed by atoms with Gasteiger partial charge in [-0.25, -0.2) is 0 Å². The molecule has 1 saturated heterocycles. The topological polar surface area (TPSA) is 33.9 Å². The van der Waals surface area contributed by atoms with Crippen molar-refractivity contribution in [1.29, 1.82) is 0 Å². The van der Waals surface area contributed by atoms with Crippen LogP contribution in [0.2, 0.25) is 0 Å². The summed E-state index contributed by atoms with van der Waals surface area (Å²) in [5.74, 6) is 1.63. The number of benzene rings is 1. The van der Waals surface area contributed by atoms with Gasteiger partial charge in [0.25, 0.3) is 0 Å². The van der Waals surface area contributed by atoms with Gasteiger partial charge < -0.3 is 14.7 Å². The summed E-state index contributed by atoms with van der Waals surface area (Å²) in [7, 11) is 0. The second-order valence-corrected chi connectivity index (χ2v) is 5.94. The number of piperidine rings is 1. The third kappa shape index (κ3) is 4.84. The van der Waals surface area contributed by atoms with Crippen molar-refractivity contribution >= 4 is 0 Å². The van der Waals surface area contributed by atoms with Crippen LogP contribution in [0, 0.1) is 12.8 Å². The Balaban J connectivity index is 1.73. The lowest BCUT2D eigenvalue weighted by Gasteiger charge is -2.29. The van der Waals surface area contributed by atoms with Crippen LogP contribution >= 0.6 is 0 Å². The standard InChI is InChI=1S/C16H25NO2/c1-13-5-3-7-16(9-13)19-12-15(18)11-17-8-4-6-14(2)10-17/h3,5,7,9,14-15,18H,4,6,8,10-12H2,1-2H3/p+1/t14-,15-/m0/s1. The molecule has 3 nitrogen and oxygen atoms in total. The summed E-state index contributed by atoms with van der Waals surface area (Å²) in [6, 6.07) is 7.97. The number of aliphatic hydroxyl groups is 1. The average molecular weight is 264 g/mol. The molecule has 1 aromatic carbocycles. The highest BCUT2D eigenvalue weighted by atomic mass is 16.5. The lowest BCUT2D eigenvalue weighted by molar-refractivity contribution is -0.911. The molecule has 0 aliphatic carbocycles. The molecule has 1 aliphatic rings. The SMILES string of the molecule is Cc1cccc(OC[C@@H](O)C[NH+]2CCC[C@H](C)C2)c1. The molecular formula is C16H26NO2+. The van der Waals surface area contributed by atoms with Gasteiger partial charge in [-0.05, 0) is 37.5 Å². The van der Waals surface area contributed by atoms with Gasteiger partial charge in [-0.15, -0.1) is 0 Å². The molecule has 2 rings (SSSR count). The van der Waals surface area contributed by atoms with Gasteiger partial charge in [0.2, 0.25) is 0 Å². The molecule has 0 spiro atoms. The molecule has 0 bridgehead atoms. The summed E-state index contributed by atoms with van der Waals surface area (Å²) in [5.41, 5.74) is 1.18. The van der Waals surface area contributed by atoms with Crippen LogP contribution in [0.25, 0.3) is 0 Å². The van der Waals surface area contributed by atoms with E-state index in [2.05, 4.69) is 6.92 Å². The van der Waals surface area contributed by atoms with E-state index >= 15 is 0 Å². The van der Waals surface area contributed by atoms with Crippen molar-refractivity contribution in [2.45, 2.75) is 32.8 Å². The molecule has 1 unspecified atom stereocenters. The van der Waals surface area contributed by atoms with Crippen LogP contribution in [-0.4, -0.2) is 37.5 Å². The quantitative estimate of drug-likeness (QED) is 0.833. The lowest BCUT2D eigenvalue weighted by Crippen LogP contribution is -3.14. The second kappa shape index (κ2) is 6.92. The van der Waals surface area contributed by atoms with Crippen LogP contribution in [0.15, 0.2) is 24.3 Å². The number of quaternary nitrogens is 1. The summed E-state index contributed by atoms with van der Waals surface area (Å²) in [6.45, 7) is 7.90.